The van der Waals surface area contributed by atoms with E-state index in [1.54, 1.807) is 4.57 Å². The molecule has 0 aliphatic carbocycles. The van der Waals surface area contributed by atoms with Gasteiger partial charge in [0.25, 0.3) is 0 Å². The molecular weight excluding hydrogens is 380 g/mol. The third-order valence-electron chi connectivity index (χ3n) is 4.21. The lowest BCUT2D eigenvalue weighted by atomic mass is 10.1. The van der Waals surface area contributed by atoms with Crippen molar-refractivity contribution in [2.45, 2.75) is 13.1 Å². The van der Waals surface area contributed by atoms with Crippen molar-refractivity contribution in [3.63, 3.8) is 0 Å². The lowest BCUT2D eigenvalue weighted by molar-refractivity contribution is 0.0971. The number of nitrogens with one attached hydrogen (secondary N) is 1. The van der Waals surface area contributed by atoms with E-state index < -0.39 is 0 Å². The number of carbonyl (C=O) groups is 1. The summed E-state index contributed by atoms with van der Waals surface area (Å²) in [6, 6.07) is 15.2. The number of hydrogen-bond donors (Lipinski definition) is 1. The van der Waals surface area contributed by atoms with E-state index in [1.807, 2.05) is 67.2 Å². The Morgan fingerprint density at radius 1 is 1.04 bits per heavy atom. The van der Waals surface area contributed by atoms with Crippen molar-refractivity contribution in [1.29, 1.82) is 5.41 Å². The van der Waals surface area contributed by atoms with Gasteiger partial charge in [-0.05, 0) is 38.4 Å². The Hall–Kier alpha value is -2.18. The minimum Gasteiger partial charge on any atom is -0.309 e. The maximum Gasteiger partial charge on any atom is 0.203 e. The Morgan fingerprint density at radius 3 is 2.24 bits per heavy atom. The molecule has 2 aromatic carbocycles. The van der Waals surface area contributed by atoms with Gasteiger partial charge in [0, 0.05) is 23.1 Å². The largest absolute Gasteiger partial charge is 0.309 e. The fourth-order valence-corrected chi connectivity index (χ4v) is 3.12. The quantitative estimate of drug-likeness (QED) is 0.646. The van der Waals surface area contributed by atoms with Gasteiger partial charge in [-0.2, -0.15) is 0 Å². The van der Waals surface area contributed by atoms with Gasteiger partial charge >= 0.3 is 0 Å². The van der Waals surface area contributed by atoms with Crippen LogP contribution in [-0.2, 0) is 13.1 Å². The molecule has 0 unspecified atom stereocenters. The fraction of sp³-hybridized carbons (Fsp3) is 0.263. The molecule has 6 heteroatoms. The van der Waals surface area contributed by atoms with Crippen molar-refractivity contribution in [3.05, 3.63) is 64.2 Å². The van der Waals surface area contributed by atoms with Gasteiger partial charge < -0.3 is 14.0 Å². The van der Waals surface area contributed by atoms with Crippen LogP contribution < -0.4 is 5.62 Å². The van der Waals surface area contributed by atoms with E-state index in [2.05, 4.69) is 20.8 Å². The number of rotatable bonds is 6. The van der Waals surface area contributed by atoms with Crippen molar-refractivity contribution >= 4 is 32.7 Å². The average molecular weight is 401 g/mol. The summed E-state index contributed by atoms with van der Waals surface area (Å²) in [5.41, 5.74) is 2.91. The molecule has 0 amide bonds. The minimum atomic E-state index is 0.00140. The van der Waals surface area contributed by atoms with Gasteiger partial charge in [-0.15, -0.1) is 0 Å². The van der Waals surface area contributed by atoms with Crippen LogP contribution in [0.1, 0.15) is 10.4 Å². The highest BCUT2D eigenvalue weighted by Crippen LogP contribution is 2.15. The van der Waals surface area contributed by atoms with Crippen LogP contribution in [-0.4, -0.2) is 40.5 Å². The van der Waals surface area contributed by atoms with Crippen LogP contribution in [0.4, 0.5) is 0 Å². The van der Waals surface area contributed by atoms with Crippen molar-refractivity contribution in [3.8, 4) is 0 Å². The van der Waals surface area contributed by atoms with Gasteiger partial charge in [0.2, 0.25) is 5.62 Å². The first-order chi connectivity index (χ1) is 12.0. The summed E-state index contributed by atoms with van der Waals surface area (Å²) < 4.78 is 4.69. The first-order valence-electron chi connectivity index (χ1n) is 8.13. The number of benzene rings is 2. The molecule has 1 heterocycles. The van der Waals surface area contributed by atoms with E-state index in [9.17, 15) is 4.79 Å². The number of hydrogen-bond acceptors (Lipinski definition) is 3. The van der Waals surface area contributed by atoms with Crippen LogP contribution in [0.25, 0.3) is 11.0 Å². The molecule has 3 rings (SSSR count). The fourth-order valence-electron chi connectivity index (χ4n) is 2.85. The molecule has 0 radical (unpaired) electrons. The number of fused-ring (bicyclic) bond motifs is 1. The lowest BCUT2D eigenvalue weighted by Crippen LogP contribution is -2.30. The lowest BCUT2D eigenvalue weighted by Gasteiger charge is -2.10. The second kappa shape index (κ2) is 7.37. The molecule has 0 aliphatic heterocycles. The van der Waals surface area contributed by atoms with Crippen LogP contribution >= 0.6 is 15.9 Å². The Bertz CT molecular complexity index is 954. The molecule has 1 N–H and O–H groups in total. The van der Waals surface area contributed by atoms with Crippen molar-refractivity contribution in [2.75, 3.05) is 20.6 Å². The highest BCUT2D eigenvalue weighted by atomic mass is 79.9. The number of ketones is 1. The van der Waals surface area contributed by atoms with Gasteiger partial charge in [0.05, 0.1) is 17.6 Å². The van der Waals surface area contributed by atoms with Crippen molar-refractivity contribution < 1.29 is 4.79 Å². The van der Waals surface area contributed by atoms with Crippen molar-refractivity contribution in [2.24, 2.45) is 0 Å². The number of nitrogens with zero attached hydrogens (tertiary/aromatic N) is 3. The Kier molecular flexibility index (Phi) is 5.20. The number of carbonyl (C=O) groups excluding carboxylic acids is 1. The minimum absolute atomic E-state index is 0.00140. The highest BCUT2D eigenvalue weighted by molar-refractivity contribution is 9.10. The summed E-state index contributed by atoms with van der Waals surface area (Å²) in [7, 11) is 4.03. The smallest absolute Gasteiger partial charge is 0.203 e. The first kappa shape index (κ1) is 17.6. The Balaban J connectivity index is 1.98. The van der Waals surface area contributed by atoms with Crippen LogP contribution in [0.2, 0.25) is 0 Å². The number of imidazole rings is 1. The number of halogens is 1. The molecular formula is C19H21BrN4O. The highest BCUT2D eigenvalue weighted by Gasteiger charge is 2.14. The molecule has 130 valence electrons. The van der Waals surface area contributed by atoms with Crippen LogP contribution in [0.15, 0.2) is 53.0 Å². The summed E-state index contributed by atoms with van der Waals surface area (Å²) in [5, 5.41) is 8.56. The molecule has 0 saturated carbocycles. The summed E-state index contributed by atoms with van der Waals surface area (Å²) in [6.45, 7) is 1.72. The third-order valence-corrected chi connectivity index (χ3v) is 4.74. The Labute approximate surface area is 155 Å². The summed E-state index contributed by atoms with van der Waals surface area (Å²) >= 11 is 3.38. The molecule has 0 fully saturated rings. The van der Waals surface area contributed by atoms with E-state index >= 15 is 0 Å². The second-order valence-corrected chi connectivity index (χ2v) is 7.20. The summed E-state index contributed by atoms with van der Waals surface area (Å²) in [6.07, 6.45) is 0. The molecule has 0 saturated heterocycles. The molecule has 0 aliphatic rings. The van der Waals surface area contributed by atoms with Gasteiger partial charge in [-0.25, -0.2) is 0 Å². The topological polar surface area (TPSA) is 54.0 Å². The van der Waals surface area contributed by atoms with E-state index in [4.69, 9.17) is 5.41 Å². The standard InChI is InChI=1S/C19H21BrN4O/c1-22(2)11-12-23-16-5-3-4-6-17(16)24(19(23)21)13-18(25)14-7-9-15(20)10-8-14/h3-10,21H,11-13H2,1-2H3. The number of para-hydroxylation sites is 2. The molecule has 5 nitrogen and oxygen atoms in total. The maximum atomic E-state index is 12.7. The van der Waals surface area contributed by atoms with Gasteiger partial charge in [0.15, 0.2) is 5.78 Å². The molecule has 1 aromatic heterocycles. The maximum absolute atomic E-state index is 12.7. The summed E-state index contributed by atoms with van der Waals surface area (Å²) in [4.78, 5) is 14.7. The third kappa shape index (κ3) is 3.75. The zero-order valence-corrected chi connectivity index (χ0v) is 16.0. The molecule has 25 heavy (non-hydrogen) atoms. The summed E-state index contributed by atoms with van der Waals surface area (Å²) in [5.74, 6) is 0.00140. The van der Waals surface area contributed by atoms with E-state index in [1.165, 1.54) is 0 Å². The second-order valence-electron chi connectivity index (χ2n) is 6.28. The number of aromatic nitrogens is 2. The normalized spacial score (nSPS) is 11.4. The van der Waals surface area contributed by atoms with E-state index in [0.717, 1.165) is 22.1 Å². The van der Waals surface area contributed by atoms with E-state index in [-0.39, 0.29) is 12.3 Å². The molecule has 0 spiro atoms. The zero-order valence-electron chi connectivity index (χ0n) is 14.4. The predicted molar refractivity (Wildman–Crippen MR) is 103 cm³/mol. The number of Topliss-reactive ketones (excluding diaryl/α,β-unsaturated/α-hetero) is 1. The van der Waals surface area contributed by atoms with E-state index in [0.29, 0.717) is 17.7 Å². The monoisotopic (exact) mass is 400 g/mol. The predicted octanol–water partition coefficient (Wildman–Crippen LogP) is 3.13. The molecule has 0 bridgehead atoms. The van der Waals surface area contributed by atoms with Crippen LogP contribution in [0, 0.1) is 5.41 Å². The van der Waals surface area contributed by atoms with Gasteiger partial charge in [-0.1, -0.05) is 40.2 Å². The SMILES string of the molecule is CN(C)CCn1c(=N)n(CC(=O)c2ccc(Br)cc2)c2ccccc21. The Morgan fingerprint density at radius 2 is 1.64 bits per heavy atom. The van der Waals surface area contributed by atoms with Gasteiger partial charge in [-0.3, -0.25) is 10.2 Å². The average Bonchev–Trinajstić information content (AvgIpc) is 2.85. The van der Waals surface area contributed by atoms with Crippen LogP contribution in [0.3, 0.4) is 0 Å². The number of likely N-dealkylation sites (N-methyl/N-ethyl adjacent to an activating group) is 1. The van der Waals surface area contributed by atoms with Crippen LogP contribution in [0.5, 0.6) is 0 Å². The first-order valence-corrected chi connectivity index (χ1v) is 8.93. The zero-order chi connectivity index (χ0) is 18.0. The van der Waals surface area contributed by atoms with Crippen molar-refractivity contribution in [1.82, 2.24) is 14.0 Å². The molecule has 3 aromatic rings. The molecule has 0 atom stereocenters. The van der Waals surface area contributed by atoms with Gasteiger partial charge in [0.1, 0.15) is 0 Å².